The molecule has 42 heavy (non-hydrogen) atoms. The second-order valence-electron chi connectivity index (χ2n) is 10.5. The van der Waals surface area contributed by atoms with E-state index >= 15 is 0 Å². The number of carbonyl (C=O) groups excluding carboxylic acids is 4. The third kappa shape index (κ3) is 9.68. The van der Waals surface area contributed by atoms with Crippen molar-refractivity contribution in [2.75, 3.05) is 46.0 Å². The Bertz CT molecular complexity index is 1230. The highest BCUT2D eigenvalue weighted by molar-refractivity contribution is 5.96. The molecule has 0 spiro atoms. The molecule has 1 atom stereocenters. The third-order valence-electron chi connectivity index (χ3n) is 6.09. The van der Waals surface area contributed by atoms with Crippen LogP contribution in [0.5, 0.6) is 5.88 Å². The zero-order valence-corrected chi connectivity index (χ0v) is 24.5. The molecule has 13 heteroatoms. The van der Waals surface area contributed by atoms with Gasteiger partial charge in [0.05, 0.1) is 13.2 Å². The Morgan fingerprint density at radius 3 is 2.31 bits per heavy atom. The number of esters is 1. The summed E-state index contributed by atoms with van der Waals surface area (Å²) in [5, 5.41) is 11.9. The smallest absolute Gasteiger partial charge is 0.409 e. The molecule has 0 bridgehead atoms. The summed E-state index contributed by atoms with van der Waals surface area (Å²) in [6.07, 6.45) is -0.570. The minimum absolute atomic E-state index is 0.0118. The summed E-state index contributed by atoms with van der Waals surface area (Å²) < 4.78 is 15.9. The highest BCUT2D eigenvalue weighted by Gasteiger charge is 2.32. The number of nitrogens with zero attached hydrogens (tertiary/aromatic N) is 4. The van der Waals surface area contributed by atoms with Crippen molar-refractivity contribution in [2.45, 2.75) is 52.2 Å². The number of ether oxygens (including phenoxy) is 3. The average Bonchev–Trinajstić information content (AvgIpc) is 2.97. The van der Waals surface area contributed by atoms with Gasteiger partial charge in [-0.25, -0.2) is 9.78 Å². The first-order chi connectivity index (χ1) is 20.0. The average molecular weight is 586 g/mol. The molecular weight excluding hydrogens is 546 g/mol. The Kier molecular flexibility index (Phi) is 11.6. The van der Waals surface area contributed by atoms with Crippen molar-refractivity contribution in [3.05, 3.63) is 42.1 Å². The standard InChI is InChI=1S/C29H39N5O8/c1-5-40-28(39)34-15-13-33(14-16-34)27(38)21(11-12-24(36)42-29(2,3)4)31-26(37)22-19-23(41-18-17-35)32-25(30-22)20-9-7-6-8-10-20/h6-10,19,21,35H,5,11-18H2,1-4H3,(H,31,37). The molecule has 228 valence electrons. The number of rotatable bonds is 11. The fourth-order valence-corrected chi connectivity index (χ4v) is 4.17. The number of benzene rings is 1. The van der Waals surface area contributed by atoms with E-state index in [1.807, 2.05) is 6.07 Å². The summed E-state index contributed by atoms with van der Waals surface area (Å²) in [5.41, 5.74) is -0.125. The number of aliphatic hydroxyl groups is 1. The van der Waals surface area contributed by atoms with Crippen molar-refractivity contribution in [1.29, 1.82) is 0 Å². The second kappa shape index (κ2) is 15.1. The van der Waals surface area contributed by atoms with Crippen molar-refractivity contribution in [1.82, 2.24) is 25.1 Å². The summed E-state index contributed by atoms with van der Waals surface area (Å²) in [7, 11) is 0. The van der Waals surface area contributed by atoms with Gasteiger partial charge in [0.2, 0.25) is 11.8 Å². The molecule has 1 saturated heterocycles. The van der Waals surface area contributed by atoms with Crippen LogP contribution in [0.15, 0.2) is 36.4 Å². The lowest BCUT2D eigenvalue weighted by Gasteiger charge is -2.36. The van der Waals surface area contributed by atoms with Crippen LogP contribution >= 0.6 is 0 Å². The van der Waals surface area contributed by atoms with Crippen molar-refractivity contribution in [3.8, 4) is 17.3 Å². The minimum Gasteiger partial charge on any atom is -0.475 e. The lowest BCUT2D eigenvalue weighted by molar-refractivity contribution is -0.155. The zero-order chi connectivity index (χ0) is 30.7. The SMILES string of the molecule is CCOC(=O)N1CCN(C(=O)C(CCC(=O)OC(C)(C)C)NC(=O)c2cc(OCCO)nc(-c3ccccc3)n2)CC1. The molecule has 3 amide bonds. The van der Waals surface area contributed by atoms with E-state index in [1.165, 1.54) is 11.0 Å². The van der Waals surface area contributed by atoms with Crippen LogP contribution in [0.1, 0.15) is 51.0 Å². The molecule has 2 aromatic rings. The van der Waals surface area contributed by atoms with Crippen molar-refractivity contribution < 1.29 is 38.5 Å². The molecular formula is C29H39N5O8. The number of nitrogens with one attached hydrogen (secondary N) is 1. The largest absolute Gasteiger partial charge is 0.475 e. The van der Waals surface area contributed by atoms with Crippen LogP contribution in [-0.2, 0) is 19.1 Å². The van der Waals surface area contributed by atoms with Gasteiger partial charge in [0, 0.05) is 44.2 Å². The highest BCUT2D eigenvalue weighted by Crippen LogP contribution is 2.20. The maximum atomic E-state index is 13.6. The van der Waals surface area contributed by atoms with Crippen LogP contribution in [0.2, 0.25) is 0 Å². The molecule has 1 aliphatic rings. The first kappa shape index (κ1) is 32.3. The molecule has 13 nitrogen and oxygen atoms in total. The van der Waals surface area contributed by atoms with Gasteiger partial charge in [-0.05, 0) is 34.1 Å². The quantitative estimate of drug-likeness (QED) is 0.374. The van der Waals surface area contributed by atoms with Crippen molar-refractivity contribution in [3.63, 3.8) is 0 Å². The van der Waals surface area contributed by atoms with Gasteiger partial charge < -0.3 is 34.4 Å². The summed E-state index contributed by atoms with van der Waals surface area (Å²) in [5.74, 6) is -1.27. The molecule has 0 radical (unpaired) electrons. The number of aliphatic hydroxyl groups excluding tert-OH is 1. The number of carbonyl (C=O) groups is 4. The normalized spacial score (nSPS) is 14.1. The van der Waals surface area contributed by atoms with Crippen LogP contribution in [0.4, 0.5) is 4.79 Å². The lowest BCUT2D eigenvalue weighted by Crippen LogP contribution is -2.56. The first-order valence-electron chi connectivity index (χ1n) is 13.9. The van der Waals surface area contributed by atoms with E-state index in [2.05, 4.69) is 15.3 Å². The molecule has 2 N–H and O–H groups in total. The minimum atomic E-state index is -1.07. The molecule has 1 unspecified atom stereocenters. The van der Waals surface area contributed by atoms with Crippen molar-refractivity contribution >= 4 is 23.9 Å². The fourth-order valence-electron chi connectivity index (χ4n) is 4.17. The monoisotopic (exact) mass is 585 g/mol. The predicted octanol–water partition coefficient (Wildman–Crippen LogP) is 2.04. The highest BCUT2D eigenvalue weighted by atomic mass is 16.6. The molecule has 0 aliphatic carbocycles. The van der Waals surface area contributed by atoms with Crippen LogP contribution < -0.4 is 10.1 Å². The van der Waals surface area contributed by atoms with Gasteiger partial charge in [-0.15, -0.1) is 0 Å². The molecule has 1 aliphatic heterocycles. The zero-order valence-electron chi connectivity index (χ0n) is 24.5. The van der Waals surface area contributed by atoms with E-state index in [0.717, 1.165) is 0 Å². The third-order valence-corrected chi connectivity index (χ3v) is 6.09. The first-order valence-corrected chi connectivity index (χ1v) is 13.9. The maximum Gasteiger partial charge on any atom is 0.409 e. The Morgan fingerprint density at radius 1 is 1.02 bits per heavy atom. The predicted molar refractivity (Wildman–Crippen MR) is 152 cm³/mol. The van der Waals surface area contributed by atoms with Crippen LogP contribution in [0, 0.1) is 0 Å². The fraction of sp³-hybridized carbons (Fsp3) is 0.517. The van der Waals surface area contributed by atoms with Gasteiger partial charge in [0.25, 0.3) is 5.91 Å². The van der Waals surface area contributed by atoms with Crippen molar-refractivity contribution in [2.24, 2.45) is 0 Å². The summed E-state index contributed by atoms with van der Waals surface area (Å²) in [4.78, 5) is 63.4. The number of hydrogen-bond acceptors (Lipinski definition) is 10. The van der Waals surface area contributed by atoms with E-state index < -0.39 is 35.5 Å². The maximum absolute atomic E-state index is 13.6. The van der Waals surface area contributed by atoms with E-state index in [0.29, 0.717) is 5.56 Å². The van der Waals surface area contributed by atoms with E-state index in [9.17, 15) is 24.3 Å². The molecule has 1 aromatic heterocycles. The van der Waals surface area contributed by atoms with Gasteiger partial charge in [0.15, 0.2) is 5.82 Å². The van der Waals surface area contributed by atoms with Crippen LogP contribution in [0.3, 0.4) is 0 Å². The lowest BCUT2D eigenvalue weighted by atomic mass is 10.1. The van der Waals surface area contributed by atoms with E-state index in [-0.39, 0.29) is 76.2 Å². The van der Waals surface area contributed by atoms with Gasteiger partial charge in [-0.2, -0.15) is 4.98 Å². The molecule has 0 saturated carbocycles. The Balaban J connectivity index is 1.81. The molecule has 2 heterocycles. The molecule has 3 rings (SSSR count). The number of aromatic nitrogens is 2. The number of piperazine rings is 1. The van der Waals surface area contributed by atoms with Gasteiger partial charge in [-0.1, -0.05) is 30.3 Å². The van der Waals surface area contributed by atoms with Gasteiger partial charge in [0.1, 0.15) is 23.9 Å². The topological polar surface area (TPSA) is 160 Å². The van der Waals surface area contributed by atoms with Crippen LogP contribution in [-0.4, -0.2) is 106 Å². The second-order valence-corrected chi connectivity index (χ2v) is 10.5. The van der Waals surface area contributed by atoms with E-state index in [1.54, 1.807) is 56.9 Å². The number of hydrogen-bond donors (Lipinski definition) is 2. The van der Waals surface area contributed by atoms with E-state index in [4.69, 9.17) is 14.2 Å². The van der Waals surface area contributed by atoms with Crippen LogP contribution in [0.25, 0.3) is 11.4 Å². The molecule has 1 fully saturated rings. The summed E-state index contributed by atoms with van der Waals surface area (Å²) in [6.45, 7) is 7.93. The van der Waals surface area contributed by atoms with Gasteiger partial charge in [-0.3, -0.25) is 14.4 Å². The summed E-state index contributed by atoms with van der Waals surface area (Å²) in [6, 6.07) is 9.23. The Hall–Kier alpha value is -4.26. The Labute approximate surface area is 245 Å². The summed E-state index contributed by atoms with van der Waals surface area (Å²) >= 11 is 0. The Morgan fingerprint density at radius 2 is 1.69 bits per heavy atom. The number of amides is 3. The molecule has 1 aromatic carbocycles. The van der Waals surface area contributed by atoms with Gasteiger partial charge >= 0.3 is 12.1 Å².